The van der Waals surface area contributed by atoms with Gasteiger partial charge < -0.3 is 9.13 Å². The van der Waals surface area contributed by atoms with Crippen molar-refractivity contribution in [1.29, 1.82) is 5.26 Å². The van der Waals surface area contributed by atoms with Crippen LogP contribution < -0.4 is 38.2 Å². The summed E-state index contributed by atoms with van der Waals surface area (Å²) in [5, 5.41) is 14.7. The average Bonchev–Trinajstić information content (AvgIpc) is 3.61. The van der Waals surface area contributed by atoms with Crippen LogP contribution in [0.25, 0.3) is 66.1 Å². The molecule has 0 N–H and O–H groups in total. The highest BCUT2D eigenvalue weighted by atomic mass is 15.0. The van der Waals surface area contributed by atoms with E-state index in [0.29, 0.717) is 16.9 Å². The number of para-hydroxylation sites is 4. The van der Waals surface area contributed by atoms with Gasteiger partial charge in [-0.1, -0.05) is 100 Å². The van der Waals surface area contributed by atoms with Crippen molar-refractivity contribution in [3.8, 4) is 28.6 Å². The monoisotopic (exact) mass is 579 g/mol. The molecule has 0 saturated carbocycles. The van der Waals surface area contributed by atoms with E-state index >= 15 is 0 Å². The van der Waals surface area contributed by atoms with Crippen molar-refractivity contribution in [1.82, 2.24) is 9.13 Å². The summed E-state index contributed by atoms with van der Waals surface area (Å²) in [6.07, 6.45) is 0. The Morgan fingerprint density at radius 2 is 0.723 bits per heavy atom. The second-order valence-corrected chi connectivity index (χ2v) is 11.6. The molecular formula is C37H16B7N3. The Morgan fingerprint density at radius 1 is 0.383 bits per heavy atom. The molecule has 14 radical (unpaired) electrons. The summed E-state index contributed by atoms with van der Waals surface area (Å²) in [5.74, 6) is 0. The van der Waals surface area contributed by atoms with Gasteiger partial charge in [0.15, 0.2) is 0 Å². The average molecular weight is 578 g/mol. The van der Waals surface area contributed by atoms with E-state index in [-0.39, 0.29) is 49.4 Å². The number of hydrogen-bond acceptors (Lipinski definition) is 1. The van der Waals surface area contributed by atoms with Crippen LogP contribution in [0.15, 0.2) is 97.1 Å². The van der Waals surface area contributed by atoms with E-state index in [9.17, 15) is 5.26 Å². The number of fused-ring (bicyclic) bond motifs is 6. The van der Waals surface area contributed by atoms with Crippen LogP contribution in [0, 0.1) is 11.3 Å². The van der Waals surface area contributed by atoms with Crippen molar-refractivity contribution in [2.45, 2.75) is 0 Å². The fourth-order valence-corrected chi connectivity index (χ4v) is 7.04. The molecule has 0 bridgehead atoms. The van der Waals surface area contributed by atoms with E-state index in [2.05, 4.69) is 6.07 Å². The lowest BCUT2D eigenvalue weighted by atomic mass is 9.60. The Hall–Kier alpha value is -5.14. The molecule has 0 unspecified atom stereocenters. The third-order valence-electron chi connectivity index (χ3n) is 9.19. The lowest BCUT2D eigenvalue weighted by Crippen LogP contribution is -2.51. The van der Waals surface area contributed by atoms with Gasteiger partial charge in [0.2, 0.25) is 0 Å². The number of benzene rings is 6. The Bertz CT molecular complexity index is 2570. The number of nitrogens with zero attached hydrogens (tertiary/aromatic N) is 3. The van der Waals surface area contributed by atoms with Crippen molar-refractivity contribution < 1.29 is 0 Å². The van der Waals surface area contributed by atoms with E-state index in [1.54, 1.807) is 0 Å². The molecule has 8 aromatic rings. The molecule has 0 aliphatic carbocycles. The summed E-state index contributed by atoms with van der Waals surface area (Å²) in [6.45, 7) is 0. The van der Waals surface area contributed by atoms with Crippen molar-refractivity contribution in [3.63, 3.8) is 0 Å². The molecule has 2 aromatic heterocycles. The number of aromatic nitrogens is 2. The van der Waals surface area contributed by atoms with Gasteiger partial charge in [-0.2, -0.15) is 5.26 Å². The van der Waals surface area contributed by atoms with Gasteiger partial charge in [-0.25, -0.2) is 0 Å². The maximum atomic E-state index is 10.7. The highest BCUT2D eigenvalue weighted by molar-refractivity contribution is 6.66. The molecule has 8 rings (SSSR count). The summed E-state index contributed by atoms with van der Waals surface area (Å²) < 4.78 is 3.90. The molecule has 10 heteroatoms. The minimum atomic E-state index is 0.0735. The van der Waals surface area contributed by atoms with E-state index in [0.717, 1.165) is 43.6 Å². The summed E-state index contributed by atoms with van der Waals surface area (Å²) in [4.78, 5) is 0. The zero-order valence-electron chi connectivity index (χ0n) is 25.1. The first kappa shape index (κ1) is 29.3. The van der Waals surface area contributed by atoms with E-state index < -0.39 is 0 Å². The van der Waals surface area contributed by atoms with Gasteiger partial charge in [0.25, 0.3) is 0 Å². The summed E-state index contributed by atoms with van der Waals surface area (Å²) in [7, 11) is 47.6. The first-order chi connectivity index (χ1) is 22.8. The summed E-state index contributed by atoms with van der Waals surface area (Å²) in [5.41, 5.74) is 5.71. The minimum absolute atomic E-state index is 0.0735. The molecule has 0 aliphatic heterocycles. The van der Waals surface area contributed by atoms with Crippen LogP contribution in [0.5, 0.6) is 0 Å². The normalized spacial score (nSPS) is 11.6. The Labute approximate surface area is 281 Å². The Kier molecular flexibility index (Phi) is 6.67. The highest BCUT2D eigenvalue weighted by Gasteiger charge is 2.27. The van der Waals surface area contributed by atoms with Crippen molar-refractivity contribution >= 4 is 137 Å². The van der Waals surface area contributed by atoms with Crippen molar-refractivity contribution in [2.75, 3.05) is 0 Å². The van der Waals surface area contributed by atoms with E-state index in [4.69, 9.17) is 54.9 Å². The largest absolute Gasteiger partial charge is 0.309 e. The second-order valence-electron chi connectivity index (χ2n) is 11.6. The van der Waals surface area contributed by atoms with Crippen LogP contribution in [-0.4, -0.2) is 64.1 Å². The predicted octanol–water partition coefficient (Wildman–Crippen LogP) is 0.976. The van der Waals surface area contributed by atoms with E-state index in [1.165, 1.54) is 0 Å². The Morgan fingerprint density at radius 3 is 1.15 bits per heavy atom. The zero-order valence-corrected chi connectivity index (χ0v) is 25.1. The second kappa shape index (κ2) is 10.7. The molecule has 0 aliphatic rings. The number of nitriles is 1. The molecule has 0 atom stereocenters. The molecule has 0 saturated heterocycles. The molecule has 2 heterocycles. The zero-order chi connectivity index (χ0) is 32.7. The van der Waals surface area contributed by atoms with Gasteiger partial charge in [0.1, 0.15) is 61.0 Å². The topological polar surface area (TPSA) is 33.6 Å². The van der Waals surface area contributed by atoms with Gasteiger partial charge in [0.05, 0.1) is 33.3 Å². The molecule has 0 amide bonds. The fraction of sp³-hybridized carbons (Fsp3) is 0. The quantitative estimate of drug-likeness (QED) is 0.288. The van der Waals surface area contributed by atoms with Crippen LogP contribution >= 0.6 is 0 Å². The highest BCUT2D eigenvalue weighted by Crippen LogP contribution is 2.35. The van der Waals surface area contributed by atoms with Crippen molar-refractivity contribution in [2.24, 2.45) is 0 Å². The Balaban J connectivity index is 1.54. The molecule has 0 fully saturated rings. The molecule has 47 heavy (non-hydrogen) atoms. The van der Waals surface area contributed by atoms with Gasteiger partial charge in [0, 0.05) is 27.2 Å². The minimum Gasteiger partial charge on any atom is -0.309 e. The van der Waals surface area contributed by atoms with E-state index in [1.807, 2.05) is 106 Å². The van der Waals surface area contributed by atoms with Crippen LogP contribution in [-0.2, 0) is 0 Å². The SMILES string of the molecule is [B]c1c([B])c([B])c(-n2c3ccccc3c3ccccc32)c(-c2c([B])c([B])c(-n3c4ccccc4c4ccccc43)c(C#N)c2[B])c1[B]. The molecule has 6 aromatic carbocycles. The predicted molar refractivity (Wildman–Crippen MR) is 203 cm³/mol. The molecule has 3 nitrogen and oxygen atoms in total. The third-order valence-corrected chi connectivity index (χ3v) is 9.19. The number of hydrogen-bond donors (Lipinski definition) is 0. The first-order valence-electron chi connectivity index (χ1n) is 14.9. The van der Waals surface area contributed by atoms with Gasteiger partial charge in [-0.3, -0.25) is 0 Å². The molecular weight excluding hydrogens is 562 g/mol. The smallest absolute Gasteiger partial charge is 0.116 e. The standard InChI is InChI=1S/C37H16B7N3/c38-29-22(17-45)36(46-23-13-5-1-9-18(23)19-10-2-6-14-24(19)46)34(43)30(39)27(29)28-31(40)32(41)33(42)35(44)37(28)47-25-15-7-3-11-20(25)21-12-4-8-16-26(21)47/h1-16H. The van der Waals surface area contributed by atoms with Gasteiger partial charge >= 0.3 is 0 Å². The third kappa shape index (κ3) is 3.96. The lowest BCUT2D eigenvalue weighted by molar-refractivity contribution is 1.18. The van der Waals surface area contributed by atoms with Crippen LogP contribution in [0.3, 0.4) is 0 Å². The maximum absolute atomic E-state index is 10.7. The van der Waals surface area contributed by atoms with Crippen LogP contribution in [0.2, 0.25) is 0 Å². The van der Waals surface area contributed by atoms with Gasteiger partial charge in [-0.05, 0) is 35.4 Å². The van der Waals surface area contributed by atoms with Crippen molar-refractivity contribution in [3.05, 3.63) is 103 Å². The van der Waals surface area contributed by atoms with Crippen LogP contribution in [0.4, 0.5) is 0 Å². The lowest BCUT2D eigenvalue weighted by Gasteiger charge is -2.29. The molecule has 200 valence electrons. The fourth-order valence-electron chi connectivity index (χ4n) is 7.04. The molecule has 0 spiro atoms. The van der Waals surface area contributed by atoms with Gasteiger partial charge in [-0.15, -0.1) is 10.9 Å². The summed E-state index contributed by atoms with van der Waals surface area (Å²) in [6, 6.07) is 33.9. The maximum Gasteiger partial charge on any atom is 0.116 e. The first-order valence-corrected chi connectivity index (χ1v) is 14.9. The van der Waals surface area contributed by atoms with Crippen LogP contribution in [0.1, 0.15) is 5.56 Å². The number of rotatable bonds is 3. The summed E-state index contributed by atoms with van der Waals surface area (Å²) >= 11 is 0.